The number of rotatable bonds is 6. The van der Waals surface area contributed by atoms with Crippen molar-refractivity contribution < 1.29 is 14.6 Å². The van der Waals surface area contributed by atoms with Crippen LogP contribution >= 0.6 is 11.8 Å². The number of carboxylic acid groups (broad SMARTS) is 1. The molecule has 0 saturated heterocycles. The van der Waals surface area contributed by atoms with E-state index in [2.05, 4.69) is 4.98 Å². The van der Waals surface area contributed by atoms with Crippen molar-refractivity contribution in [1.82, 2.24) is 4.98 Å². The van der Waals surface area contributed by atoms with Crippen molar-refractivity contribution in [3.8, 4) is 0 Å². The van der Waals surface area contributed by atoms with Crippen molar-refractivity contribution in [3.63, 3.8) is 0 Å². The van der Waals surface area contributed by atoms with Gasteiger partial charge in [-0.15, -0.1) is 0 Å². The van der Waals surface area contributed by atoms with Crippen molar-refractivity contribution in [2.45, 2.75) is 11.6 Å². The van der Waals surface area contributed by atoms with E-state index in [9.17, 15) is 4.79 Å². The second kappa shape index (κ2) is 6.92. The van der Waals surface area contributed by atoms with Gasteiger partial charge < -0.3 is 9.84 Å². The number of carbonyl (C=O) groups is 1. The van der Waals surface area contributed by atoms with Gasteiger partial charge in [0.1, 0.15) is 0 Å². The average molecular weight is 275 g/mol. The fraction of sp³-hybridized carbons (Fsp3) is 0.143. The number of hydrogen-bond donors (Lipinski definition) is 1. The Balaban J connectivity index is 1.75. The van der Waals surface area contributed by atoms with Crippen LogP contribution in [0, 0.1) is 0 Å². The van der Waals surface area contributed by atoms with Gasteiger partial charge >= 0.3 is 5.97 Å². The van der Waals surface area contributed by atoms with Gasteiger partial charge in [-0.05, 0) is 17.7 Å². The molecule has 0 aliphatic carbocycles. The minimum absolute atomic E-state index is 0.189. The Kier molecular flexibility index (Phi) is 4.94. The summed E-state index contributed by atoms with van der Waals surface area (Å²) in [5.41, 5.74) is 1.31. The van der Waals surface area contributed by atoms with Crippen LogP contribution in [0.3, 0.4) is 0 Å². The number of thioether (sulfide) groups is 1. The fourth-order valence-electron chi connectivity index (χ4n) is 1.43. The Bertz CT molecular complexity index is 528. The molecule has 0 spiro atoms. The third-order valence-corrected chi connectivity index (χ3v) is 3.21. The number of ether oxygens (including phenoxy) is 1. The Morgan fingerprint density at radius 3 is 2.63 bits per heavy atom. The normalized spacial score (nSPS) is 10.3. The van der Waals surface area contributed by atoms with E-state index < -0.39 is 5.97 Å². The summed E-state index contributed by atoms with van der Waals surface area (Å²) >= 11 is 1.43. The molecule has 0 amide bonds. The van der Waals surface area contributed by atoms with Crippen LogP contribution in [0.5, 0.6) is 0 Å². The predicted molar refractivity (Wildman–Crippen MR) is 73.2 cm³/mol. The highest BCUT2D eigenvalue weighted by atomic mass is 32.2. The van der Waals surface area contributed by atoms with Crippen molar-refractivity contribution >= 4 is 17.7 Å². The van der Waals surface area contributed by atoms with Gasteiger partial charge in [0.15, 0.2) is 0 Å². The highest BCUT2D eigenvalue weighted by Crippen LogP contribution is 2.16. The molecule has 1 heterocycles. The number of aromatic nitrogens is 1. The summed E-state index contributed by atoms with van der Waals surface area (Å²) in [7, 11) is 0. The molecule has 19 heavy (non-hydrogen) atoms. The van der Waals surface area contributed by atoms with E-state index in [1.165, 1.54) is 24.0 Å². The predicted octanol–water partition coefficient (Wildman–Crippen LogP) is 3.05. The topological polar surface area (TPSA) is 59.4 Å². The summed E-state index contributed by atoms with van der Waals surface area (Å²) in [6.07, 6.45) is 1.35. The summed E-state index contributed by atoms with van der Waals surface area (Å²) in [4.78, 5) is 14.7. The van der Waals surface area contributed by atoms with E-state index in [1.54, 1.807) is 6.07 Å². The molecule has 1 aromatic heterocycles. The van der Waals surface area contributed by atoms with Crippen molar-refractivity contribution in [1.29, 1.82) is 0 Å². The van der Waals surface area contributed by atoms with Crippen LogP contribution in [0.4, 0.5) is 0 Å². The van der Waals surface area contributed by atoms with E-state index in [0.717, 1.165) is 10.6 Å². The first-order valence-electron chi connectivity index (χ1n) is 5.69. The molecule has 0 atom stereocenters. The number of pyridine rings is 1. The molecule has 1 N–H and O–H groups in total. The highest BCUT2D eigenvalue weighted by molar-refractivity contribution is 7.99. The average Bonchev–Trinajstić information content (AvgIpc) is 2.45. The number of hydrogen-bond acceptors (Lipinski definition) is 4. The zero-order valence-corrected chi connectivity index (χ0v) is 11.0. The fourth-order valence-corrected chi connectivity index (χ4v) is 2.01. The molecule has 0 bridgehead atoms. The molecule has 0 fully saturated rings. The van der Waals surface area contributed by atoms with Gasteiger partial charge in [0.2, 0.25) is 0 Å². The van der Waals surface area contributed by atoms with Crippen LogP contribution in [0.1, 0.15) is 15.9 Å². The van der Waals surface area contributed by atoms with E-state index in [-0.39, 0.29) is 5.56 Å². The number of aromatic carboxylic acids is 1. The molecule has 0 aliphatic heterocycles. The minimum atomic E-state index is -0.968. The molecule has 2 aromatic rings. The van der Waals surface area contributed by atoms with Gasteiger partial charge in [-0.1, -0.05) is 42.1 Å². The third-order valence-electron chi connectivity index (χ3n) is 2.38. The largest absolute Gasteiger partial charge is 0.478 e. The van der Waals surface area contributed by atoms with E-state index in [1.807, 2.05) is 30.3 Å². The molecule has 0 saturated carbocycles. The maximum Gasteiger partial charge on any atom is 0.337 e. The van der Waals surface area contributed by atoms with E-state index >= 15 is 0 Å². The lowest BCUT2D eigenvalue weighted by Gasteiger charge is -2.04. The van der Waals surface area contributed by atoms with Crippen LogP contribution in [0.15, 0.2) is 53.7 Å². The van der Waals surface area contributed by atoms with Gasteiger partial charge in [0, 0.05) is 6.20 Å². The Morgan fingerprint density at radius 2 is 2.00 bits per heavy atom. The maximum absolute atomic E-state index is 10.7. The van der Waals surface area contributed by atoms with Crippen LogP contribution in [-0.4, -0.2) is 22.0 Å². The molecule has 2 rings (SSSR count). The molecule has 0 aliphatic rings. The molecule has 4 nitrogen and oxygen atoms in total. The van der Waals surface area contributed by atoms with Gasteiger partial charge in [-0.3, -0.25) is 0 Å². The molecule has 0 unspecified atom stereocenters. The first kappa shape index (κ1) is 13.6. The zero-order chi connectivity index (χ0) is 13.5. The monoisotopic (exact) mass is 275 g/mol. The number of nitrogens with zero attached hydrogens (tertiary/aromatic N) is 1. The Morgan fingerprint density at radius 1 is 1.21 bits per heavy atom. The minimum Gasteiger partial charge on any atom is -0.478 e. The molecule has 1 aromatic carbocycles. The molecular weight excluding hydrogens is 262 g/mol. The maximum atomic E-state index is 10.7. The second-order valence-corrected chi connectivity index (χ2v) is 4.73. The van der Waals surface area contributed by atoms with Gasteiger partial charge in [-0.2, -0.15) is 0 Å². The van der Waals surface area contributed by atoms with Crippen molar-refractivity contribution in [2.24, 2.45) is 0 Å². The Hall–Kier alpha value is -1.85. The molecular formula is C14H13NO3S. The van der Waals surface area contributed by atoms with E-state index in [4.69, 9.17) is 9.84 Å². The molecule has 0 radical (unpaired) electrons. The lowest BCUT2D eigenvalue weighted by atomic mass is 10.2. The number of carboxylic acids is 1. The second-order valence-electron chi connectivity index (χ2n) is 3.79. The zero-order valence-electron chi connectivity index (χ0n) is 10.2. The van der Waals surface area contributed by atoms with Gasteiger partial charge in [0.05, 0.1) is 23.1 Å². The van der Waals surface area contributed by atoms with Gasteiger partial charge in [0.25, 0.3) is 0 Å². The summed E-state index contributed by atoms with van der Waals surface area (Å²) < 4.78 is 5.51. The SMILES string of the molecule is O=C(O)c1ccc(SCOCc2ccccc2)nc1. The molecule has 5 heteroatoms. The van der Waals surface area contributed by atoms with Gasteiger partial charge in [-0.25, -0.2) is 9.78 Å². The standard InChI is InChI=1S/C14H13NO3S/c16-14(17)12-6-7-13(15-8-12)19-10-18-9-11-4-2-1-3-5-11/h1-8H,9-10H2,(H,16,17). The summed E-state index contributed by atoms with van der Waals surface area (Å²) in [6.45, 7) is 0.557. The summed E-state index contributed by atoms with van der Waals surface area (Å²) in [5, 5.41) is 9.49. The quantitative estimate of drug-likeness (QED) is 0.499. The molecule has 98 valence electrons. The number of benzene rings is 1. The van der Waals surface area contributed by atoms with Crippen molar-refractivity contribution in [3.05, 3.63) is 59.8 Å². The van der Waals surface area contributed by atoms with Crippen LogP contribution in [-0.2, 0) is 11.3 Å². The lowest BCUT2D eigenvalue weighted by molar-refractivity contribution is 0.0696. The van der Waals surface area contributed by atoms with Crippen LogP contribution in [0.2, 0.25) is 0 Å². The Labute approximate surface area is 115 Å². The highest BCUT2D eigenvalue weighted by Gasteiger charge is 2.03. The smallest absolute Gasteiger partial charge is 0.337 e. The van der Waals surface area contributed by atoms with Crippen LogP contribution < -0.4 is 0 Å². The lowest BCUT2D eigenvalue weighted by Crippen LogP contribution is -1.97. The van der Waals surface area contributed by atoms with Crippen molar-refractivity contribution in [2.75, 3.05) is 5.94 Å². The van der Waals surface area contributed by atoms with Crippen LogP contribution in [0.25, 0.3) is 0 Å². The first-order chi connectivity index (χ1) is 9.25. The summed E-state index contributed by atoms with van der Waals surface area (Å²) in [5.74, 6) is -0.488. The first-order valence-corrected chi connectivity index (χ1v) is 6.68. The third kappa shape index (κ3) is 4.39. The summed E-state index contributed by atoms with van der Waals surface area (Å²) in [6, 6.07) is 13.1. The van der Waals surface area contributed by atoms with E-state index in [0.29, 0.717) is 12.5 Å².